The summed E-state index contributed by atoms with van der Waals surface area (Å²) in [5.41, 5.74) is -0.0781. The first kappa shape index (κ1) is 8.87. The Labute approximate surface area is 81.2 Å². The van der Waals surface area contributed by atoms with Gasteiger partial charge in [-0.1, -0.05) is 0 Å². The molecular formula is C10H11N3O. The van der Waals surface area contributed by atoms with Gasteiger partial charge in [0.25, 0.3) is 5.56 Å². The molecule has 0 aliphatic heterocycles. The van der Waals surface area contributed by atoms with Gasteiger partial charge >= 0.3 is 0 Å². The van der Waals surface area contributed by atoms with Crippen LogP contribution in [0.25, 0.3) is 10.8 Å². The SMILES string of the molecule is CC(C)n1ncc2ccncc2c1=O. The lowest BCUT2D eigenvalue weighted by Gasteiger charge is -2.07. The molecule has 2 aromatic rings. The Hall–Kier alpha value is -1.71. The van der Waals surface area contributed by atoms with Gasteiger partial charge < -0.3 is 0 Å². The summed E-state index contributed by atoms with van der Waals surface area (Å²) in [5, 5.41) is 5.54. The van der Waals surface area contributed by atoms with Gasteiger partial charge in [-0.15, -0.1) is 0 Å². The Bertz CT molecular complexity index is 516. The molecule has 0 unspecified atom stereocenters. The van der Waals surface area contributed by atoms with Crippen molar-refractivity contribution >= 4 is 10.8 Å². The van der Waals surface area contributed by atoms with Crippen molar-refractivity contribution in [3.8, 4) is 0 Å². The number of hydrogen-bond donors (Lipinski definition) is 0. The number of fused-ring (bicyclic) bond motifs is 1. The molecule has 0 saturated carbocycles. The molecule has 0 amide bonds. The third kappa shape index (κ3) is 1.28. The predicted molar refractivity (Wildman–Crippen MR) is 54.2 cm³/mol. The fourth-order valence-electron chi connectivity index (χ4n) is 1.36. The second kappa shape index (κ2) is 3.21. The summed E-state index contributed by atoms with van der Waals surface area (Å²) < 4.78 is 1.46. The van der Waals surface area contributed by atoms with E-state index in [1.165, 1.54) is 4.68 Å². The summed E-state index contributed by atoms with van der Waals surface area (Å²) in [6.07, 6.45) is 4.93. The van der Waals surface area contributed by atoms with E-state index in [-0.39, 0.29) is 11.6 Å². The highest BCUT2D eigenvalue weighted by Gasteiger charge is 2.05. The zero-order chi connectivity index (χ0) is 10.1. The van der Waals surface area contributed by atoms with Crippen molar-refractivity contribution < 1.29 is 0 Å². The minimum absolute atomic E-state index is 0.0760. The normalized spacial score (nSPS) is 11.1. The van der Waals surface area contributed by atoms with Crippen LogP contribution in [0.3, 0.4) is 0 Å². The maximum Gasteiger partial charge on any atom is 0.276 e. The standard InChI is InChI=1S/C10H11N3O/c1-7(2)13-10(14)9-6-11-4-3-8(9)5-12-13/h3-7H,1-2H3. The average Bonchev–Trinajstić information content (AvgIpc) is 2.18. The highest BCUT2D eigenvalue weighted by Crippen LogP contribution is 2.06. The molecule has 0 saturated heterocycles. The molecule has 72 valence electrons. The first-order valence-corrected chi connectivity index (χ1v) is 4.51. The van der Waals surface area contributed by atoms with Gasteiger partial charge in [0.2, 0.25) is 0 Å². The zero-order valence-corrected chi connectivity index (χ0v) is 8.14. The summed E-state index contributed by atoms with van der Waals surface area (Å²) in [4.78, 5) is 15.8. The Morgan fingerprint density at radius 2 is 2.14 bits per heavy atom. The van der Waals surface area contributed by atoms with Gasteiger partial charge in [-0.05, 0) is 19.9 Å². The minimum Gasteiger partial charge on any atom is -0.267 e. The zero-order valence-electron chi connectivity index (χ0n) is 8.14. The maximum atomic E-state index is 11.8. The Kier molecular flexibility index (Phi) is 2.04. The molecule has 2 rings (SSSR count). The van der Waals surface area contributed by atoms with Crippen molar-refractivity contribution in [2.24, 2.45) is 0 Å². The van der Waals surface area contributed by atoms with Crippen LogP contribution in [0.15, 0.2) is 29.5 Å². The molecule has 2 heterocycles. The molecule has 0 bridgehead atoms. The van der Waals surface area contributed by atoms with Crippen LogP contribution in [0.4, 0.5) is 0 Å². The lowest BCUT2D eigenvalue weighted by atomic mass is 10.2. The summed E-state index contributed by atoms with van der Waals surface area (Å²) in [7, 11) is 0. The number of pyridine rings is 1. The van der Waals surface area contributed by atoms with E-state index in [4.69, 9.17) is 0 Å². The van der Waals surface area contributed by atoms with Crippen molar-refractivity contribution in [3.63, 3.8) is 0 Å². The van der Waals surface area contributed by atoms with Crippen LogP contribution in [0, 0.1) is 0 Å². The van der Waals surface area contributed by atoms with Gasteiger partial charge in [0.05, 0.1) is 17.6 Å². The van der Waals surface area contributed by atoms with Crippen molar-refractivity contribution in [1.82, 2.24) is 14.8 Å². The van der Waals surface area contributed by atoms with E-state index in [0.717, 1.165) is 5.39 Å². The molecule has 14 heavy (non-hydrogen) atoms. The van der Waals surface area contributed by atoms with Crippen LogP contribution in [-0.2, 0) is 0 Å². The molecule has 0 spiro atoms. The van der Waals surface area contributed by atoms with E-state index in [2.05, 4.69) is 10.1 Å². The van der Waals surface area contributed by atoms with Crippen LogP contribution in [-0.4, -0.2) is 14.8 Å². The highest BCUT2D eigenvalue weighted by atomic mass is 16.1. The quantitative estimate of drug-likeness (QED) is 0.680. The molecule has 0 fully saturated rings. The first-order valence-electron chi connectivity index (χ1n) is 4.51. The van der Waals surface area contributed by atoms with Crippen molar-refractivity contribution in [1.29, 1.82) is 0 Å². The van der Waals surface area contributed by atoms with Crippen LogP contribution >= 0.6 is 0 Å². The van der Waals surface area contributed by atoms with E-state index < -0.39 is 0 Å². The topological polar surface area (TPSA) is 47.8 Å². The summed E-state index contributed by atoms with van der Waals surface area (Å²) in [6, 6.07) is 1.86. The number of rotatable bonds is 1. The number of aromatic nitrogens is 3. The molecule has 4 heteroatoms. The van der Waals surface area contributed by atoms with Crippen LogP contribution in [0.1, 0.15) is 19.9 Å². The molecule has 0 atom stereocenters. The Morgan fingerprint density at radius 3 is 2.86 bits per heavy atom. The largest absolute Gasteiger partial charge is 0.276 e. The maximum absolute atomic E-state index is 11.8. The molecule has 0 aliphatic carbocycles. The van der Waals surface area contributed by atoms with Crippen molar-refractivity contribution in [2.75, 3.05) is 0 Å². The lowest BCUT2D eigenvalue weighted by Crippen LogP contribution is -2.24. The molecular weight excluding hydrogens is 178 g/mol. The van der Waals surface area contributed by atoms with Gasteiger partial charge in [-0.3, -0.25) is 9.78 Å². The lowest BCUT2D eigenvalue weighted by molar-refractivity contribution is 0.507. The smallest absolute Gasteiger partial charge is 0.267 e. The molecule has 0 aliphatic rings. The molecule has 4 nitrogen and oxygen atoms in total. The third-order valence-electron chi connectivity index (χ3n) is 2.10. The summed E-state index contributed by atoms with van der Waals surface area (Å²) >= 11 is 0. The van der Waals surface area contributed by atoms with Crippen molar-refractivity contribution in [3.05, 3.63) is 35.0 Å². The van der Waals surface area contributed by atoms with Crippen molar-refractivity contribution in [2.45, 2.75) is 19.9 Å². The van der Waals surface area contributed by atoms with E-state index in [1.807, 2.05) is 13.8 Å². The molecule has 2 aromatic heterocycles. The molecule has 0 N–H and O–H groups in total. The third-order valence-corrected chi connectivity index (χ3v) is 2.10. The average molecular weight is 189 g/mol. The van der Waals surface area contributed by atoms with Gasteiger partial charge in [0.15, 0.2) is 0 Å². The van der Waals surface area contributed by atoms with Gasteiger partial charge in [0, 0.05) is 17.8 Å². The highest BCUT2D eigenvalue weighted by molar-refractivity contribution is 5.79. The van der Waals surface area contributed by atoms with Gasteiger partial charge in [-0.2, -0.15) is 5.10 Å². The number of hydrogen-bond acceptors (Lipinski definition) is 3. The van der Waals surface area contributed by atoms with Crippen LogP contribution in [0.2, 0.25) is 0 Å². The Morgan fingerprint density at radius 1 is 1.36 bits per heavy atom. The summed E-state index contributed by atoms with van der Waals surface area (Å²) in [6.45, 7) is 3.85. The van der Waals surface area contributed by atoms with E-state index in [1.54, 1.807) is 24.7 Å². The first-order chi connectivity index (χ1) is 6.70. The van der Waals surface area contributed by atoms with E-state index in [9.17, 15) is 4.79 Å². The van der Waals surface area contributed by atoms with Gasteiger partial charge in [0.1, 0.15) is 0 Å². The molecule has 0 radical (unpaired) electrons. The van der Waals surface area contributed by atoms with Crippen LogP contribution < -0.4 is 5.56 Å². The minimum atomic E-state index is -0.0781. The van der Waals surface area contributed by atoms with E-state index >= 15 is 0 Å². The fourth-order valence-corrected chi connectivity index (χ4v) is 1.36. The van der Waals surface area contributed by atoms with E-state index in [0.29, 0.717) is 5.39 Å². The van der Waals surface area contributed by atoms with Crippen LogP contribution in [0.5, 0.6) is 0 Å². The number of nitrogens with zero attached hydrogens (tertiary/aromatic N) is 3. The second-order valence-corrected chi connectivity index (χ2v) is 3.45. The molecule has 0 aromatic carbocycles. The monoisotopic (exact) mass is 189 g/mol. The fraction of sp³-hybridized carbons (Fsp3) is 0.300. The predicted octanol–water partition coefficient (Wildman–Crippen LogP) is 1.37. The summed E-state index contributed by atoms with van der Waals surface area (Å²) in [5.74, 6) is 0. The second-order valence-electron chi connectivity index (χ2n) is 3.45. The van der Waals surface area contributed by atoms with Gasteiger partial charge in [-0.25, -0.2) is 4.68 Å². The Balaban J connectivity index is 2.82.